The molecule has 1 aliphatic rings. The van der Waals surface area contributed by atoms with Gasteiger partial charge in [-0.05, 0) is 6.92 Å². The third kappa shape index (κ3) is 2.31. The Morgan fingerprint density at radius 3 is 2.63 bits per heavy atom. The second kappa shape index (κ2) is 4.97. The van der Waals surface area contributed by atoms with Gasteiger partial charge in [0.2, 0.25) is 0 Å². The second-order valence-electron chi connectivity index (χ2n) is 4.12. The topological polar surface area (TPSA) is 73.6 Å². The van der Waals surface area contributed by atoms with Crippen LogP contribution in [0.5, 0.6) is 11.5 Å². The lowest BCUT2D eigenvalue weighted by molar-refractivity contribution is -0.137. The lowest BCUT2D eigenvalue weighted by Gasteiger charge is -2.18. The Bertz CT molecular complexity index is 638. The van der Waals surface area contributed by atoms with Crippen LogP contribution in [0.4, 0.5) is 0 Å². The maximum Gasteiger partial charge on any atom is 0.323 e. The van der Waals surface area contributed by atoms with Crippen LogP contribution in [0.3, 0.4) is 0 Å². The number of fused-ring (bicyclic) bond motifs is 2. The minimum absolute atomic E-state index is 0. The number of rotatable bonds is 2. The fourth-order valence-corrected chi connectivity index (χ4v) is 2.12. The predicted octanol–water partition coefficient (Wildman–Crippen LogP) is 1.62. The van der Waals surface area contributed by atoms with Crippen molar-refractivity contribution in [2.24, 2.45) is 0 Å². The lowest BCUT2D eigenvalue weighted by atomic mass is 10.2. The molecule has 1 aromatic carbocycles. The van der Waals surface area contributed by atoms with Crippen molar-refractivity contribution in [3.05, 3.63) is 18.0 Å². The zero-order valence-electron chi connectivity index (χ0n) is 10.3. The van der Waals surface area contributed by atoms with Crippen LogP contribution < -0.4 is 9.47 Å². The van der Waals surface area contributed by atoms with E-state index in [1.165, 1.54) is 0 Å². The first-order valence-corrected chi connectivity index (χ1v) is 5.63. The summed E-state index contributed by atoms with van der Waals surface area (Å²) in [5.74, 6) is 1.07. The zero-order chi connectivity index (χ0) is 12.7. The molecule has 7 heteroatoms. The second-order valence-corrected chi connectivity index (χ2v) is 4.12. The molecule has 0 spiro atoms. The molecule has 2 aromatic rings. The summed E-state index contributed by atoms with van der Waals surface area (Å²) < 4.78 is 12.6. The van der Waals surface area contributed by atoms with Gasteiger partial charge in [0.05, 0.1) is 11.0 Å². The molecule has 3 rings (SSSR count). The Kier molecular flexibility index (Phi) is 3.53. The van der Waals surface area contributed by atoms with Gasteiger partial charge < -0.3 is 19.1 Å². The van der Waals surface area contributed by atoms with Crippen molar-refractivity contribution in [1.82, 2.24) is 9.55 Å². The predicted molar refractivity (Wildman–Crippen MR) is 70.3 cm³/mol. The van der Waals surface area contributed by atoms with E-state index in [0.717, 1.165) is 11.0 Å². The number of nitrogens with zero attached hydrogens (tertiary/aromatic N) is 2. The monoisotopic (exact) mass is 284 g/mol. The summed E-state index contributed by atoms with van der Waals surface area (Å²) in [6.07, 6.45) is 0. The highest BCUT2D eigenvalue weighted by Gasteiger charge is 2.17. The Hall–Kier alpha value is -1.95. The fraction of sp³-hybridized carbons (Fsp3) is 0.333. The molecular weight excluding hydrogens is 272 g/mol. The lowest BCUT2D eigenvalue weighted by Crippen LogP contribution is -2.15. The van der Waals surface area contributed by atoms with Gasteiger partial charge in [-0.2, -0.15) is 0 Å². The van der Waals surface area contributed by atoms with Gasteiger partial charge in [0.15, 0.2) is 11.5 Å². The molecule has 0 atom stereocenters. The number of aryl methyl sites for hydroxylation is 1. The number of hydrogen-bond donors (Lipinski definition) is 1. The number of halogens is 1. The van der Waals surface area contributed by atoms with Crippen LogP contribution in [0.15, 0.2) is 12.1 Å². The summed E-state index contributed by atoms with van der Waals surface area (Å²) in [5, 5.41) is 8.90. The Morgan fingerprint density at radius 2 is 2.00 bits per heavy atom. The highest BCUT2D eigenvalue weighted by atomic mass is 35.5. The zero-order valence-corrected chi connectivity index (χ0v) is 11.1. The van der Waals surface area contributed by atoms with Gasteiger partial charge in [-0.15, -0.1) is 12.4 Å². The van der Waals surface area contributed by atoms with E-state index in [0.29, 0.717) is 30.5 Å². The van der Waals surface area contributed by atoms with Crippen molar-refractivity contribution in [3.8, 4) is 11.5 Å². The molecule has 0 unspecified atom stereocenters. The van der Waals surface area contributed by atoms with Crippen LogP contribution in [0.1, 0.15) is 5.82 Å². The normalized spacial score (nSPS) is 13.1. The highest BCUT2D eigenvalue weighted by molar-refractivity contribution is 5.85. The molecule has 0 fully saturated rings. The molecule has 0 aliphatic carbocycles. The van der Waals surface area contributed by atoms with Gasteiger partial charge in [0, 0.05) is 12.1 Å². The number of ether oxygens (including phenoxy) is 2. The summed E-state index contributed by atoms with van der Waals surface area (Å²) in [6.45, 7) is 2.70. The summed E-state index contributed by atoms with van der Waals surface area (Å²) in [4.78, 5) is 15.2. The molecule has 102 valence electrons. The third-order valence-corrected chi connectivity index (χ3v) is 2.90. The van der Waals surface area contributed by atoms with Gasteiger partial charge in [-0.25, -0.2) is 4.98 Å². The van der Waals surface area contributed by atoms with Crippen molar-refractivity contribution in [2.45, 2.75) is 13.5 Å². The van der Waals surface area contributed by atoms with Crippen molar-refractivity contribution in [2.75, 3.05) is 13.2 Å². The van der Waals surface area contributed by atoms with E-state index in [9.17, 15) is 4.79 Å². The van der Waals surface area contributed by atoms with E-state index >= 15 is 0 Å². The van der Waals surface area contributed by atoms with E-state index in [2.05, 4.69) is 4.98 Å². The number of imidazole rings is 1. The van der Waals surface area contributed by atoms with Crippen LogP contribution >= 0.6 is 12.4 Å². The first-order valence-electron chi connectivity index (χ1n) is 5.63. The van der Waals surface area contributed by atoms with Gasteiger partial charge in [0.25, 0.3) is 0 Å². The number of aliphatic carboxylic acids is 1. The maximum atomic E-state index is 10.8. The third-order valence-electron chi connectivity index (χ3n) is 2.90. The number of benzene rings is 1. The highest BCUT2D eigenvalue weighted by Crippen LogP contribution is 2.34. The van der Waals surface area contributed by atoms with Gasteiger partial charge in [-0.1, -0.05) is 0 Å². The van der Waals surface area contributed by atoms with Gasteiger partial charge in [-0.3, -0.25) is 4.79 Å². The Labute approximate surface area is 115 Å². The van der Waals surface area contributed by atoms with E-state index < -0.39 is 5.97 Å². The van der Waals surface area contributed by atoms with Crippen LogP contribution in [0.2, 0.25) is 0 Å². The van der Waals surface area contributed by atoms with Gasteiger partial charge in [0.1, 0.15) is 25.6 Å². The molecule has 0 saturated heterocycles. The number of aromatic nitrogens is 2. The van der Waals surface area contributed by atoms with E-state index in [1.54, 1.807) is 23.6 Å². The molecule has 1 aliphatic heterocycles. The van der Waals surface area contributed by atoms with Crippen LogP contribution in [0.25, 0.3) is 11.0 Å². The minimum Gasteiger partial charge on any atom is -0.486 e. The number of carboxylic acid groups (broad SMARTS) is 1. The summed E-state index contributed by atoms with van der Waals surface area (Å²) in [7, 11) is 0. The summed E-state index contributed by atoms with van der Waals surface area (Å²) >= 11 is 0. The average molecular weight is 285 g/mol. The van der Waals surface area contributed by atoms with Gasteiger partial charge >= 0.3 is 5.97 Å². The van der Waals surface area contributed by atoms with Crippen molar-refractivity contribution >= 4 is 29.4 Å². The Morgan fingerprint density at radius 1 is 1.37 bits per heavy atom. The number of carbonyl (C=O) groups is 1. The molecular formula is C12H13ClN2O4. The molecule has 1 aromatic heterocycles. The quantitative estimate of drug-likeness (QED) is 0.907. The summed E-state index contributed by atoms with van der Waals surface area (Å²) in [6, 6.07) is 3.57. The molecule has 2 heterocycles. The van der Waals surface area contributed by atoms with Crippen LogP contribution in [-0.2, 0) is 11.3 Å². The average Bonchev–Trinajstić information content (AvgIpc) is 2.62. The molecule has 0 radical (unpaired) electrons. The molecule has 0 amide bonds. The number of hydrogen-bond acceptors (Lipinski definition) is 4. The van der Waals surface area contributed by atoms with Crippen LogP contribution in [-0.4, -0.2) is 33.8 Å². The molecule has 1 N–H and O–H groups in total. The molecule has 0 saturated carbocycles. The van der Waals surface area contributed by atoms with E-state index in [1.807, 2.05) is 0 Å². The van der Waals surface area contributed by atoms with Crippen molar-refractivity contribution in [3.63, 3.8) is 0 Å². The largest absolute Gasteiger partial charge is 0.486 e. The smallest absolute Gasteiger partial charge is 0.323 e. The van der Waals surface area contributed by atoms with Crippen LogP contribution in [0, 0.1) is 6.92 Å². The molecule has 0 bridgehead atoms. The van der Waals surface area contributed by atoms with Crippen molar-refractivity contribution < 1.29 is 19.4 Å². The first-order chi connectivity index (χ1) is 8.65. The summed E-state index contributed by atoms with van der Waals surface area (Å²) in [5.41, 5.74) is 1.47. The number of carboxylic acids is 1. The molecule has 6 nitrogen and oxygen atoms in total. The van der Waals surface area contributed by atoms with E-state index in [-0.39, 0.29) is 19.0 Å². The fourth-order valence-electron chi connectivity index (χ4n) is 2.12. The minimum atomic E-state index is -0.896. The Balaban J connectivity index is 0.00000133. The maximum absolute atomic E-state index is 10.8. The van der Waals surface area contributed by atoms with E-state index in [4.69, 9.17) is 14.6 Å². The SMILES string of the molecule is Cc1nc2cc3c(cc2n1CC(=O)O)OCCO3.Cl. The first kappa shape index (κ1) is 13.5. The molecule has 19 heavy (non-hydrogen) atoms. The van der Waals surface area contributed by atoms with Crippen molar-refractivity contribution in [1.29, 1.82) is 0 Å². The standard InChI is InChI=1S/C12H12N2O4.ClH/c1-7-13-8-4-10-11(18-3-2-17-10)5-9(8)14(7)6-12(15)16;/h4-5H,2-3,6H2,1H3,(H,15,16);1H.